The number of nitrogens with one attached hydrogen (secondary N) is 1. The fourth-order valence-electron chi connectivity index (χ4n) is 1.86. The molecule has 4 heteroatoms. The van der Waals surface area contributed by atoms with Crippen LogP contribution in [0.25, 0.3) is 5.65 Å². The highest BCUT2D eigenvalue weighted by atomic mass is 127. The van der Waals surface area contributed by atoms with Gasteiger partial charge in [0.25, 0.3) is 0 Å². The quantitative estimate of drug-likeness (QED) is 0.733. The van der Waals surface area contributed by atoms with Crippen molar-refractivity contribution in [2.45, 2.75) is 6.54 Å². The summed E-state index contributed by atoms with van der Waals surface area (Å²) in [5.41, 5.74) is 3.15. The fourth-order valence-corrected chi connectivity index (χ4v) is 2.41. The first-order valence-corrected chi connectivity index (χ1v) is 6.81. The number of hydrogen-bond acceptors (Lipinski definition) is 2. The summed E-state index contributed by atoms with van der Waals surface area (Å²) in [4.78, 5) is 4.55. The number of aromatic nitrogens is 2. The minimum Gasteiger partial charge on any atom is -0.379 e. The zero-order chi connectivity index (χ0) is 12.4. The van der Waals surface area contributed by atoms with E-state index in [2.05, 4.69) is 57.3 Å². The van der Waals surface area contributed by atoms with E-state index in [0.717, 1.165) is 23.6 Å². The summed E-state index contributed by atoms with van der Waals surface area (Å²) in [5.74, 6) is 0. The summed E-state index contributed by atoms with van der Waals surface area (Å²) >= 11 is 2.31. The SMILES string of the molecule is Ic1cccc(NCc2cn3ccccc3n2)c1. The lowest BCUT2D eigenvalue weighted by Crippen LogP contribution is -1.99. The number of halogens is 1. The molecule has 2 aromatic heterocycles. The van der Waals surface area contributed by atoms with Crippen molar-refractivity contribution in [1.29, 1.82) is 0 Å². The highest BCUT2D eigenvalue weighted by molar-refractivity contribution is 14.1. The van der Waals surface area contributed by atoms with Crippen LogP contribution in [0.2, 0.25) is 0 Å². The second-order valence-electron chi connectivity index (χ2n) is 4.06. The molecule has 18 heavy (non-hydrogen) atoms. The molecule has 0 saturated heterocycles. The van der Waals surface area contributed by atoms with Crippen LogP contribution in [0.3, 0.4) is 0 Å². The van der Waals surface area contributed by atoms with Gasteiger partial charge in [0.15, 0.2) is 0 Å². The third kappa shape index (κ3) is 2.48. The van der Waals surface area contributed by atoms with Crippen LogP contribution in [0.1, 0.15) is 5.69 Å². The Kier molecular flexibility index (Phi) is 3.19. The molecule has 2 heterocycles. The standard InChI is InChI=1S/C14H12IN3/c15-11-4-3-5-12(8-11)16-9-13-10-18-7-2-1-6-14(18)17-13/h1-8,10,16H,9H2. The summed E-state index contributed by atoms with van der Waals surface area (Å²) < 4.78 is 3.26. The number of hydrogen-bond donors (Lipinski definition) is 1. The van der Waals surface area contributed by atoms with Crippen LogP contribution >= 0.6 is 22.6 Å². The lowest BCUT2D eigenvalue weighted by atomic mass is 10.3. The van der Waals surface area contributed by atoms with Crippen molar-refractivity contribution < 1.29 is 0 Å². The van der Waals surface area contributed by atoms with Gasteiger partial charge in [0.2, 0.25) is 0 Å². The molecule has 0 fully saturated rings. The van der Waals surface area contributed by atoms with Gasteiger partial charge in [-0.05, 0) is 52.9 Å². The molecule has 0 unspecified atom stereocenters. The maximum Gasteiger partial charge on any atom is 0.137 e. The lowest BCUT2D eigenvalue weighted by molar-refractivity contribution is 1.08. The molecule has 0 saturated carbocycles. The maximum absolute atomic E-state index is 4.55. The van der Waals surface area contributed by atoms with Gasteiger partial charge in [-0.25, -0.2) is 4.98 Å². The van der Waals surface area contributed by atoms with Crippen LogP contribution in [0, 0.1) is 3.57 Å². The Morgan fingerprint density at radius 1 is 1.17 bits per heavy atom. The Balaban J connectivity index is 1.76. The molecule has 0 aliphatic heterocycles. The molecule has 0 aliphatic rings. The van der Waals surface area contributed by atoms with Gasteiger partial charge < -0.3 is 9.72 Å². The van der Waals surface area contributed by atoms with Crippen LogP contribution in [-0.4, -0.2) is 9.38 Å². The molecule has 1 aromatic carbocycles. The molecule has 0 aliphatic carbocycles. The zero-order valence-electron chi connectivity index (χ0n) is 9.68. The predicted molar refractivity (Wildman–Crippen MR) is 81.7 cm³/mol. The molecule has 3 nitrogen and oxygen atoms in total. The van der Waals surface area contributed by atoms with Crippen molar-refractivity contribution in [3.63, 3.8) is 0 Å². The van der Waals surface area contributed by atoms with E-state index in [4.69, 9.17) is 0 Å². The van der Waals surface area contributed by atoms with Gasteiger partial charge in [-0.2, -0.15) is 0 Å². The number of rotatable bonds is 3. The molecule has 3 rings (SSSR count). The molecule has 0 bridgehead atoms. The highest BCUT2D eigenvalue weighted by Crippen LogP contribution is 2.13. The van der Waals surface area contributed by atoms with Crippen molar-refractivity contribution in [2.24, 2.45) is 0 Å². The fraction of sp³-hybridized carbons (Fsp3) is 0.0714. The van der Waals surface area contributed by atoms with E-state index in [9.17, 15) is 0 Å². The van der Waals surface area contributed by atoms with Gasteiger partial charge in [-0.15, -0.1) is 0 Å². The first-order chi connectivity index (χ1) is 8.81. The average molecular weight is 349 g/mol. The van der Waals surface area contributed by atoms with Gasteiger partial charge in [-0.3, -0.25) is 0 Å². The molecule has 3 aromatic rings. The third-order valence-corrected chi connectivity index (χ3v) is 3.38. The summed E-state index contributed by atoms with van der Waals surface area (Å²) in [6, 6.07) is 14.3. The highest BCUT2D eigenvalue weighted by Gasteiger charge is 2.00. The predicted octanol–water partition coefficient (Wildman–Crippen LogP) is 3.55. The number of nitrogens with zero attached hydrogens (tertiary/aromatic N) is 2. The van der Waals surface area contributed by atoms with E-state index >= 15 is 0 Å². The third-order valence-electron chi connectivity index (χ3n) is 2.71. The number of benzene rings is 1. The van der Waals surface area contributed by atoms with E-state index in [1.54, 1.807) is 0 Å². The monoisotopic (exact) mass is 349 g/mol. The molecule has 90 valence electrons. The van der Waals surface area contributed by atoms with Gasteiger partial charge in [0, 0.05) is 21.7 Å². The van der Waals surface area contributed by atoms with Gasteiger partial charge in [0.1, 0.15) is 5.65 Å². The summed E-state index contributed by atoms with van der Waals surface area (Å²) in [5, 5.41) is 3.38. The molecular weight excluding hydrogens is 337 g/mol. The molecule has 0 atom stereocenters. The average Bonchev–Trinajstić information content (AvgIpc) is 2.79. The minimum atomic E-state index is 0.738. The summed E-state index contributed by atoms with van der Waals surface area (Å²) in [6.45, 7) is 0.738. The maximum atomic E-state index is 4.55. The normalized spacial score (nSPS) is 10.7. The van der Waals surface area contributed by atoms with Crippen molar-refractivity contribution in [3.8, 4) is 0 Å². The molecule has 0 amide bonds. The largest absolute Gasteiger partial charge is 0.379 e. The van der Waals surface area contributed by atoms with Crippen molar-refractivity contribution in [3.05, 3.63) is 64.1 Å². The van der Waals surface area contributed by atoms with E-state index in [1.165, 1.54) is 3.57 Å². The Labute approximate surface area is 119 Å². The Morgan fingerprint density at radius 3 is 2.94 bits per heavy atom. The van der Waals surface area contributed by atoms with E-state index in [1.807, 2.05) is 34.9 Å². The second-order valence-corrected chi connectivity index (χ2v) is 5.31. The van der Waals surface area contributed by atoms with Crippen LogP contribution < -0.4 is 5.32 Å². The van der Waals surface area contributed by atoms with Crippen LogP contribution in [0.5, 0.6) is 0 Å². The molecule has 0 radical (unpaired) electrons. The van der Waals surface area contributed by atoms with Gasteiger partial charge in [0.05, 0.1) is 12.2 Å². The molecule has 0 spiro atoms. The minimum absolute atomic E-state index is 0.738. The van der Waals surface area contributed by atoms with E-state index in [-0.39, 0.29) is 0 Å². The topological polar surface area (TPSA) is 29.3 Å². The molecule has 1 N–H and O–H groups in total. The Morgan fingerprint density at radius 2 is 2.11 bits per heavy atom. The summed E-state index contributed by atoms with van der Waals surface area (Å²) in [6.07, 6.45) is 4.06. The Hall–Kier alpha value is -1.56. The first-order valence-electron chi connectivity index (χ1n) is 5.73. The van der Waals surface area contributed by atoms with Crippen molar-refractivity contribution >= 4 is 33.9 Å². The van der Waals surface area contributed by atoms with E-state index < -0.39 is 0 Å². The van der Waals surface area contributed by atoms with Crippen LogP contribution in [0.4, 0.5) is 5.69 Å². The Bertz CT molecular complexity index is 642. The second kappa shape index (κ2) is 4.97. The number of imidazole rings is 1. The van der Waals surface area contributed by atoms with Gasteiger partial charge in [-0.1, -0.05) is 12.1 Å². The lowest BCUT2D eigenvalue weighted by Gasteiger charge is -2.04. The molecular formula is C14H12IN3. The number of anilines is 1. The number of fused-ring (bicyclic) bond motifs is 1. The van der Waals surface area contributed by atoms with Crippen LogP contribution in [-0.2, 0) is 6.54 Å². The summed E-state index contributed by atoms with van der Waals surface area (Å²) in [7, 11) is 0. The van der Waals surface area contributed by atoms with Crippen molar-refractivity contribution in [1.82, 2.24) is 9.38 Å². The first kappa shape index (κ1) is 11.5. The smallest absolute Gasteiger partial charge is 0.137 e. The zero-order valence-corrected chi connectivity index (χ0v) is 11.8. The van der Waals surface area contributed by atoms with Crippen molar-refractivity contribution in [2.75, 3.05) is 5.32 Å². The van der Waals surface area contributed by atoms with Crippen LogP contribution in [0.15, 0.2) is 54.9 Å². The van der Waals surface area contributed by atoms with E-state index in [0.29, 0.717) is 0 Å². The number of pyridine rings is 1. The van der Waals surface area contributed by atoms with Gasteiger partial charge >= 0.3 is 0 Å².